The van der Waals surface area contributed by atoms with Gasteiger partial charge in [0, 0.05) is 31.1 Å². The fourth-order valence-electron chi connectivity index (χ4n) is 4.25. The van der Waals surface area contributed by atoms with Gasteiger partial charge in [0.1, 0.15) is 0 Å². The minimum absolute atomic E-state index is 0.629. The maximum absolute atomic E-state index is 2.79. The zero-order chi connectivity index (χ0) is 13.4. The van der Waals surface area contributed by atoms with Gasteiger partial charge in [-0.1, -0.05) is 6.07 Å². The first-order valence-electron chi connectivity index (χ1n) is 8.29. The van der Waals surface area contributed by atoms with E-state index in [0.29, 0.717) is 5.41 Å². The van der Waals surface area contributed by atoms with Crippen LogP contribution >= 0.6 is 11.3 Å². The Kier molecular flexibility index (Phi) is 3.61. The number of likely N-dealkylation sites (tertiary alicyclic amines) is 2. The smallest absolute Gasteiger partial charge is 0.0328 e. The summed E-state index contributed by atoms with van der Waals surface area (Å²) in [7, 11) is 0. The summed E-state index contributed by atoms with van der Waals surface area (Å²) in [5, 5.41) is 2.21. The van der Waals surface area contributed by atoms with E-state index in [-0.39, 0.29) is 0 Å². The molecular weight excluding hydrogens is 264 g/mol. The van der Waals surface area contributed by atoms with Gasteiger partial charge in [0.25, 0.3) is 0 Å². The third kappa shape index (κ3) is 2.95. The van der Waals surface area contributed by atoms with Crippen LogP contribution < -0.4 is 0 Å². The standard InChI is InChI=1S/C17H26N2S/c1-3-16(20-10-1)12-19-9-7-17(14-19)6-2-8-18(13-17)11-15-4-5-15/h1,3,10,15H,2,4-9,11-14H2. The Bertz CT molecular complexity index is 440. The van der Waals surface area contributed by atoms with Crippen LogP contribution in [-0.2, 0) is 6.54 Å². The van der Waals surface area contributed by atoms with Crippen molar-refractivity contribution >= 4 is 11.3 Å². The molecule has 0 radical (unpaired) electrons. The predicted molar refractivity (Wildman–Crippen MR) is 85.0 cm³/mol. The number of piperidine rings is 1. The molecule has 0 amide bonds. The van der Waals surface area contributed by atoms with Crippen molar-refractivity contribution in [3.05, 3.63) is 22.4 Å². The number of hydrogen-bond acceptors (Lipinski definition) is 3. The Morgan fingerprint density at radius 2 is 2.05 bits per heavy atom. The first-order valence-corrected chi connectivity index (χ1v) is 9.16. The Balaban J connectivity index is 1.35. The predicted octanol–water partition coefficient (Wildman–Crippen LogP) is 3.45. The summed E-state index contributed by atoms with van der Waals surface area (Å²) >= 11 is 1.91. The van der Waals surface area contributed by atoms with E-state index in [4.69, 9.17) is 0 Å². The normalized spacial score (nSPS) is 32.2. The fourth-order valence-corrected chi connectivity index (χ4v) is 5.00. The van der Waals surface area contributed by atoms with Crippen LogP contribution in [0.5, 0.6) is 0 Å². The quantitative estimate of drug-likeness (QED) is 0.838. The van der Waals surface area contributed by atoms with Crippen LogP contribution in [0.3, 0.4) is 0 Å². The molecule has 110 valence electrons. The van der Waals surface area contributed by atoms with Gasteiger partial charge in [0.05, 0.1) is 0 Å². The van der Waals surface area contributed by atoms with Gasteiger partial charge in [-0.15, -0.1) is 11.3 Å². The molecule has 0 bridgehead atoms. The van der Waals surface area contributed by atoms with Gasteiger partial charge >= 0.3 is 0 Å². The molecule has 3 heterocycles. The van der Waals surface area contributed by atoms with Crippen molar-refractivity contribution in [3.63, 3.8) is 0 Å². The lowest BCUT2D eigenvalue weighted by atomic mass is 9.79. The van der Waals surface area contributed by atoms with Crippen LogP contribution in [0, 0.1) is 11.3 Å². The van der Waals surface area contributed by atoms with Crippen LogP contribution in [0.25, 0.3) is 0 Å². The largest absolute Gasteiger partial charge is 0.302 e. The van der Waals surface area contributed by atoms with Gasteiger partial charge < -0.3 is 4.90 Å². The molecule has 0 aromatic carbocycles. The van der Waals surface area contributed by atoms with Crippen molar-refractivity contribution in [1.29, 1.82) is 0 Å². The van der Waals surface area contributed by atoms with E-state index in [1.807, 2.05) is 11.3 Å². The van der Waals surface area contributed by atoms with Crippen LogP contribution in [-0.4, -0.2) is 42.5 Å². The van der Waals surface area contributed by atoms with E-state index in [9.17, 15) is 0 Å². The Hall–Kier alpha value is -0.380. The molecule has 1 unspecified atom stereocenters. The second-order valence-corrected chi connectivity index (χ2v) is 8.35. The highest BCUT2D eigenvalue weighted by Crippen LogP contribution is 2.41. The van der Waals surface area contributed by atoms with Gasteiger partial charge in [0.15, 0.2) is 0 Å². The van der Waals surface area contributed by atoms with E-state index < -0.39 is 0 Å². The lowest BCUT2D eigenvalue weighted by Gasteiger charge is -2.40. The number of rotatable bonds is 4. The molecule has 2 nitrogen and oxygen atoms in total. The van der Waals surface area contributed by atoms with Crippen molar-refractivity contribution in [2.75, 3.05) is 32.7 Å². The average Bonchev–Trinajstić information content (AvgIpc) is 2.96. The van der Waals surface area contributed by atoms with E-state index in [0.717, 1.165) is 5.92 Å². The molecule has 1 aromatic heterocycles. The molecule has 3 heteroatoms. The Labute approximate surface area is 126 Å². The molecule has 2 saturated heterocycles. The van der Waals surface area contributed by atoms with Crippen LogP contribution in [0.15, 0.2) is 17.5 Å². The van der Waals surface area contributed by atoms with Gasteiger partial charge in [0.2, 0.25) is 0 Å². The second-order valence-electron chi connectivity index (χ2n) is 7.32. The molecule has 1 saturated carbocycles. The van der Waals surface area contributed by atoms with Crippen LogP contribution in [0.2, 0.25) is 0 Å². The molecular formula is C17H26N2S. The maximum Gasteiger partial charge on any atom is 0.0328 e. The topological polar surface area (TPSA) is 6.48 Å². The third-order valence-electron chi connectivity index (χ3n) is 5.43. The molecule has 3 fully saturated rings. The van der Waals surface area contributed by atoms with Gasteiger partial charge in [-0.05, 0) is 68.0 Å². The van der Waals surface area contributed by atoms with Crippen molar-refractivity contribution in [2.24, 2.45) is 11.3 Å². The molecule has 0 N–H and O–H groups in total. The first-order chi connectivity index (χ1) is 9.81. The maximum atomic E-state index is 2.79. The summed E-state index contributed by atoms with van der Waals surface area (Å²) in [6.45, 7) is 7.98. The number of hydrogen-bond donors (Lipinski definition) is 0. The minimum Gasteiger partial charge on any atom is -0.302 e. The summed E-state index contributed by atoms with van der Waals surface area (Å²) in [5.41, 5.74) is 0.629. The van der Waals surface area contributed by atoms with Crippen LogP contribution in [0.4, 0.5) is 0 Å². The highest BCUT2D eigenvalue weighted by atomic mass is 32.1. The summed E-state index contributed by atoms with van der Waals surface area (Å²) in [6, 6.07) is 4.47. The van der Waals surface area contributed by atoms with Crippen molar-refractivity contribution in [1.82, 2.24) is 9.80 Å². The molecule has 20 heavy (non-hydrogen) atoms. The highest BCUT2D eigenvalue weighted by Gasteiger charge is 2.41. The van der Waals surface area contributed by atoms with Gasteiger partial charge in [-0.3, -0.25) is 4.90 Å². The highest BCUT2D eigenvalue weighted by molar-refractivity contribution is 7.09. The van der Waals surface area contributed by atoms with E-state index >= 15 is 0 Å². The Morgan fingerprint density at radius 3 is 2.85 bits per heavy atom. The Morgan fingerprint density at radius 1 is 1.15 bits per heavy atom. The second kappa shape index (κ2) is 5.43. The van der Waals surface area contributed by atoms with E-state index in [1.165, 1.54) is 76.2 Å². The third-order valence-corrected chi connectivity index (χ3v) is 6.29. The van der Waals surface area contributed by atoms with Crippen molar-refractivity contribution < 1.29 is 0 Å². The summed E-state index contributed by atoms with van der Waals surface area (Å²) < 4.78 is 0. The SMILES string of the molecule is c1csc(CN2CCC3(CCCN(CC4CC4)C3)C2)c1. The monoisotopic (exact) mass is 290 g/mol. The zero-order valence-electron chi connectivity index (χ0n) is 12.4. The van der Waals surface area contributed by atoms with Crippen molar-refractivity contribution in [3.8, 4) is 0 Å². The molecule has 4 rings (SSSR count). The molecule has 1 aliphatic carbocycles. The fraction of sp³-hybridized carbons (Fsp3) is 0.765. The van der Waals surface area contributed by atoms with E-state index in [2.05, 4.69) is 27.3 Å². The summed E-state index contributed by atoms with van der Waals surface area (Å²) in [6.07, 6.45) is 7.32. The number of nitrogens with zero attached hydrogens (tertiary/aromatic N) is 2. The zero-order valence-corrected chi connectivity index (χ0v) is 13.2. The van der Waals surface area contributed by atoms with Crippen LogP contribution in [0.1, 0.15) is 37.0 Å². The lowest BCUT2D eigenvalue weighted by Crippen LogP contribution is -2.45. The van der Waals surface area contributed by atoms with Gasteiger partial charge in [-0.2, -0.15) is 0 Å². The number of thiophene rings is 1. The first kappa shape index (κ1) is 13.3. The minimum atomic E-state index is 0.629. The van der Waals surface area contributed by atoms with Gasteiger partial charge in [-0.25, -0.2) is 0 Å². The molecule has 1 atom stereocenters. The summed E-state index contributed by atoms with van der Waals surface area (Å²) in [5.74, 6) is 1.05. The summed E-state index contributed by atoms with van der Waals surface area (Å²) in [4.78, 5) is 7.02. The molecule has 3 aliphatic rings. The molecule has 1 aromatic rings. The van der Waals surface area contributed by atoms with Crippen molar-refractivity contribution in [2.45, 2.75) is 38.6 Å². The molecule has 1 spiro atoms. The average molecular weight is 290 g/mol. The lowest BCUT2D eigenvalue weighted by molar-refractivity contribution is 0.0885. The van der Waals surface area contributed by atoms with E-state index in [1.54, 1.807) is 0 Å². The molecule has 2 aliphatic heterocycles.